The molecule has 1 aromatic rings. The first-order valence-electron chi connectivity index (χ1n) is 3.18. The van der Waals surface area contributed by atoms with Gasteiger partial charge < -0.3 is 6.15 Å². The van der Waals surface area contributed by atoms with Crippen molar-refractivity contribution in [2.45, 2.75) is 12.6 Å². The van der Waals surface area contributed by atoms with E-state index in [1.54, 1.807) is 18.2 Å². The highest BCUT2D eigenvalue weighted by Crippen LogP contribution is 2.20. The van der Waals surface area contributed by atoms with Crippen molar-refractivity contribution in [3.63, 3.8) is 0 Å². The summed E-state index contributed by atoms with van der Waals surface area (Å²) in [6.45, 7) is 0. The van der Waals surface area contributed by atoms with Gasteiger partial charge >= 0.3 is 6.18 Å². The molecule has 1 nitrogen and oxygen atoms in total. The monoisotopic (exact) mass is 213 g/mol. The van der Waals surface area contributed by atoms with E-state index >= 15 is 0 Å². The standard InChI is InChI=1S/C8H7F3.ClH.H3N/c9-8(10,11)6-7-4-2-1-3-5-7;;/h1-5H,6H2;1H;1H3. The maximum absolute atomic E-state index is 11.7. The van der Waals surface area contributed by atoms with E-state index in [2.05, 4.69) is 0 Å². The molecule has 0 aromatic heterocycles. The molecule has 0 atom stereocenters. The Hall–Kier alpha value is -0.740. The lowest BCUT2D eigenvalue weighted by Gasteiger charge is -2.04. The molecule has 0 unspecified atom stereocenters. The average molecular weight is 214 g/mol. The zero-order valence-corrected chi connectivity index (χ0v) is 7.66. The highest BCUT2D eigenvalue weighted by Gasteiger charge is 2.27. The van der Waals surface area contributed by atoms with Crippen LogP contribution in [0.15, 0.2) is 30.3 Å². The van der Waals surface area contributed by atoms with Gasteiger partial charge in [-0.2, -0.15) is 13.2 Å². The first kappa shape index (κ1) is 14.8. The lowest BCUT2D eigenvalue weighted by molar-refractivity contribution is -0.127. The highest BCUT2D eigenvalue weighted by atomic mass is 35.5. The maximum Gasteiger partial charge on any atom is 0.393 e. The second-order valence-electron chi connectivity index (χ2n) is 2.28. The van der Waals surface area contributed by atoms with Gasteiger partial charge in [0, 0.05) is 0 Å². The Morgan fingerprint density at radius 1 is 1.00 bits per heavy atom. The number of hydrogen-bond acceptors (Lipinski definition) is 1. The number of benzene rings is 1. The Balaban J connectivity index is 0. The third-order valence-electron chi connectivity index (χ3n) is 1.25. The number of hydrogen-bond donors (Lipinski definition) is 1. The van der Waals surface area contributed by atoms with Crippen molar-refractivity contribution in [1.29, 1.82) is 0 Å². The number of rotatable bonds is 1. The number of halogens is 4. The molecule has 1 rings (SSSR count). The lowest BCUT2D eigenvalue weighted by Crippen LogP contribution is -2.11. The molecule has 0 spiro atoms. The van der Waals surface area contributed by atoms with E-state index in [1.165, 1.54) is 12.1 Å². The van der Waals surface area contributed by atoms with Crippen LogP contribution in [0.1, 0.15) is 5.56 Å². The van der Waals surface area contributed by atoms with E-state index in [1.807, 2.05) is 0 Å². The summed E-state index contributed by atoms with van der Waals surface area (Å²) in [5.74, 6) is 0. The van der Waals surface area contributed by atoms with Crippen LogP contribution in [0.25, 0.3) is 0 Å². The Bertz CT molecular complexity index is 223. The van der Waals surface area contributed by atoms with Gasteiger partial charge in [0.25, 0.3) is 0 Å². The van der Waals surface area contributed by atoms with Crippen LogP contribution in [0, 0.1) is 0 Å². The van der Waals surface area contributed by atoms with Crippen LogP contribution in [0.4, 0.5) is 13.2 Å². The third kappa shape index (κ3) is 6.42. The predicted molar refractivity (Wildman–Crippen MR) is 48.5 cm³/mol. The quantitative estimate of drug-likeness (QED) is 0.763. The molecule has 0 heterocycles. The van der Waals surface area contributed by atoms with Crippen molar-refractivity contribution in [2.75, 3.05) is 0 Å². The van der Waals surface area contributed by atoms with Crippen LogP contribution in [0.3, 0.4) is 0 Å². The van der Waals surface area contributed by atoms with Gasteiger partial charge in [-0.3, -0.25) is 0 Å². The summed E-state index contributed by atoms with van der Waals surface area (Å²) in [6, 6.07) is 7.82. The van der Waals surface area contributed by atoms with Crippen molar-refractivity contribution in [2.24, 2.45) is 0 Å². The fourth-order valence-corrected chi connectivity index (χ4v) is 0.827. The smallest absolute Gasteiger partial charge is 0.344 e. The minimum absolute atomic E-state index is 0. The summed E-state index contributed by atoms with van der Waals surface area (Å²) >= 11 is 0. The van der Waals surface area contributed by atoms with Crippen LogP contribution in [0.5, 0.6) is 0 Å². The average Bonchev–Trinajstić information content (AvgIpc) is 1.85. The van der Waals surface area contributed by atoms with Gasteiger partial charge in [0.15, 0.2) is 0 Å². The zero-order chi connectivity index (χ0) is 8.32. The summed E-state index contributed by atoms with van der Waals surface area (Å²) < 4.78 is 35.2. The van der Waals surface area contributed by atoms with Gasteiger partial charge in [-0.1, -0.05) is 30.3 Å². The largest absolute Gasteiger partial charge is 0.393 e. The van der Waals surface area contributed by atoms with Crippen LogP contribution in [-0.2, 0) is 6.42 Å². The zero-order valence-electron chi connectivity index (χ0n) is 6.84. The highest BCUT2D eigenvalue weighted by molar-refractivity contribution is 5.85. The van der Waals surface area contributed by atoms with Crippen molar-refractivity contribution in [3.8, 4) is 0 Å². The van der Waals surface area contributed by atoms with E-state index in [9.17, 15) is 13.2 Å². The lowest BCUT2D eigenvalue weighted by atomic mass is 10.1. The van der Waals surface area contributed by atoms with E-state index < -0.39 is 12.6 Å². The molecular formula is C8H11ClF3N. The Labute approximate surface area is 80.9 Å². The number of alkyl halides is 3. The summed E-state index contributed by atoms with van der Waals surface area (Å²) in [4.78, 5) is 0. The molecule has 5 heteroatoms. The molecule has 0 aliphatic carbocycles. The van der Waals surface area contributed by atoms with E-state index in [0.717, 1.165) is 0 Å². The molecule has 0 radical (unpaired) electrons. The SMILES string of the molecule is Cl.FC(F)(F)Cc1ccccc1.N. The van der Waals surface area contributed by atoms with Crippen LogP contribution in [-0.4, -0.2) is 6.18 Å². The minimum Gasteiger partial charge on any atom is -0.344 e. The summed E-state index contributed by atoms with van der Waals surface area (Å²) in [6.07, 6.45) is -4.94. The Kier molecular flexibility index (Phi) is 6.62. The second kappa shape index (κ2) is 5.83. The summed E-state index contributed by atoms with van der Waals surface area (Å²) in [5.41, 5.74) is 0.306. The molecule has 0 saturated carbocycles. The third-order valence-corrected chi connectivity index (χ3v) is 1.25. The molecule has 0 saturated heterocycles. The molecule has 0 aliphatic heterocycles. The van der Waals surface area contributed by atoms with Crippen LogP contribution >= 0.6 is 12.4 Å². The van der Waals surface area contributed by atoms with Crippen molar-refractivity contribution in [1.82, 2.24) is 6.15 Å². The molecule has 3 N–H and O–H groups in total. The maximum atomic E-state index is 11.7. The molecule has 13 heavy (non-hydrogen) atoms. The second-order valence-corrected chi connectivity index (χ2v) is 2.28. The first-order chi connectivity index (χ1) is 5.08. The molecule has 0 amide bonds. The predicted octanol–water partition coefficient (Wildman–Crippen LogP) is 3.38. The van der Waals surface area contributed by atoms with Crippen molar-refractivity contribution >= 4 is 12.4 Å². The van der Waals surface area contributed by atoms with Crippen LogP contribution in [0.2, 0.25) is 0 Å². The minimum atomic E-state index is -4.10. The van der Waals surface area contributed by atoms with Gasteiger partial charge in [0.2, 0.25) is 0 Å². The molecule has 76 valence electrons. The van der Waals surface area contributed by atoms with Gasteiger partial charge in [0.1, 0.15) is 0 Å². The van der Waals surface area contributed by atoms with Crippen LogP contribution < -0.4 is 6.15 Å². The van der Waals surface area contributed by atoms with Crippen molar-refractivity contribution < 1.29 is 13.2 Å². The molecular weight excluding hydrogens is 203 g/mol. The summed E-state index contributed by atoms with van der Waals surface area (Å²) in [5, 5.41) is 0. The molecule has 1 aromatic carbocycles. The van der Waals surface area contributed by atoms with E-state index in [4.69, 9.17) is 0 Å². The Morgan fingerprint density at radius 3 is 1.85 bits per heavy atom. The van der Waals surface area contributed by atoms with Gasteiger partial charge in [-0.25, -0.2) is 0 Å². The first-order valence-corrected chi connectivity index (χ1v) is 3.18. The summed E-state index contributed by atoms with van der Waals surface area (Å²) in [7, 11) is 0. The molecule has 0 bridgehead atoms. The van der Waals surface area contributed by atoms with Crippen molar-refractivity contribution in [3.05, 3.63) is 35.9 Å². The molecule has 0 fully saturated rings. The Morgan fingerprint density at radius 2 is 1.46 bits per heavy atom. The normalized spacial score (nSPS) is 9.77. The van der Waals surface area contributed by atoms with Gasteiger partial charge in [0.05, 0.1) is 6.42 Å². The fourth-order valence-electron chi connectivity index (χ4n) is 0.827. The van der Waals surface area contributed by atoms with Gasteiger partial charge in [-0.05, 0) is 5.56 Å². The fraction of sp³-hybridized carbons (Fsp3) is 0.250. The van der Waals surface area contributed by atoms with E-state index in [-0.39, 0.29) is 18.6 Å². The molecule has 0 aliphatic rings. The topological polar surface area (TPSA) is 35.0 Å². The van der Waals surface area contributed by atoms with Gasteiger partial charge in [-0.15, -0.1) is 12.4 Å². The van der Waals surface area contributed by atoms with E-state index in [0.29, 0.717) is 5.56 Å².